The Bertz CT molecular complexity index is 513. The standard InChI is InChI=1S/C13H16N2O2/c1-15-7-12(17-13(16)8-15)10-3-2-4-11-9(10)5-6-14-11/h2-6,12-14,16H,7-8H2,1H3. The van der Waals surface area contributed by atoms with Gasteiger partial charge in [-0.15, -0.1) is 0 Å². The molecule has 90 valence electrons. The number of benzene rings is 1. The third-order valence-corrected chi connectivity index (χ3v) is 3.24. The molecule has 0 amide bonds. The number of hydrogen-bond acceptors (Lipinski definition) is 3. The molecule has 4 nitrogen and oxygen atoms in total. The molecule has 3 rings (SSSR count). The van der Waals surface area contributed by atoms with Crippen molar-refractivity contribution in [2.75, 3.05) is 20.1 Å². The van der Waals surface area contributed by atoms with Crippen LogP contribution < -0.4 is 0 Å². The van der Waals surface area contributed by atoms with Crippen LogP contribution in [0.15, 0.2) is 30.5 Å². The van der Waals surface area contributed by atoms with Gasteiger partial charge >= 0.3 is 0 Å². The summed E-state index contributed by atoms with van der Waals surface area (Å²) in [7, 11) is 2.00. The molecule has 0 bridgehead atoms. The van der Waals surface area contributed by atoms with Gasteiger partial charge in [0.2, 0.25) is 0 Å². The Hall–Kier alpha value is -1.36. The molecule has 2 N–H and O–H groups in total. The van der Waals surface area contributed by atoms with Gasteiger partial charge in [0, 0.05) is 30.2 Å². The van der Waals surface area contributed by atoms with Gasteiger partial charge in [-0.2, -0.15) is 0 Å². The number of aliphatic hydroxyl groups excluding tert-OH is 1. The van der Waals surface area contributed by atoms with Crippen molar-refractivity contribution >= 4 is 10.9 Å². The Balaban J connectivity index is 2.00. The van der Waals surface area contributed by atoms with Gasteiger partial charge in [-0.25, -0.2) is 0 Å². The summed E-state index contributed by atoms with van der Waals surface area (Å²) in [6, 6.07) is 8.17. The zero-order valence-electron chi connectivity index (χ0n) is 9.76. The zero-order chi connectivity index (χ0) is 11.8. The summed E-state index contributed by atoms with van der Waals surface area (Å²) in [4.78, 5) is 5.28. The Morgan fingerprint density at radius 1 is 1.35 bits per heavy atom. The molecule has 2 unspecified atom stereocenters. The lowest BCUT2D eigenvalue weighted by molar-refractivity contribution is -0.181. The Morgan fingerprint density at radius 2 is 2.24 bits per heavy atom. The van der Waals surface area contributed by atoms with Crippen molar-refractivity contribution in [1.82, 2.24) is 9.88 Å². The number of aromatic amines is 1. The largest absolute Gasteiger partial charge is 0.367 e. The van der Waals surface area contributed by atoms with Crippen LogP contribution in [0.4, 0.5) is 0 Å². The molecule has 2 atom stereocenters. The predicted molar refractivity (Wildman–Crippen MR) is 65.6 cm³/mol. The van der Waals surface area contributed by atoms with Gasteiger partial charge in [0.15, 0.2) is 6.29 Å². The van der Waals surface area contributed by atoms with E-state index < -0.39 is 6.29 Å². The molecule has 0 radical (unpaired) electrons. The topological polar surface area (TPSA) is 48.5 Å². The third-order valence-electron chi connectivity index (χ3n) is 3.24. The molecule has 1 aliphatic heterocycles. The number of fused-ring (bicyclic) bond motifs is 1. The van der Waals surface area contributed by atoms with Crippen molar-refractivity contribution in [1.29, 1.82) is 0 Å². The zero-order valence-corrected chi connectivity index (χ0v) is 9.76. The number of aliphatic hydroxyl groups is 1. The molecule has 4 heteroatoms. The minimum absolute atomic E-state index is 0.0664. The quantitative estimate of drug-likeness (QED) is 0.783. The second-order valence-electron chi connectivity index (χ2n) is 4.59. The number of β-amino-alcohol motifs (C(OH)–C–C–N with tert-alkyl or cyclic N) is 1. The number of hydrogen-bond donors (Lipinski definition) is 2. The molecular weight excluding hydrogens is 216 g/mol. The molecule has 0 aliphatic carbocycles. The summed E-state index contributed by atoms with van der Waals surface area (Å²) in [5.41, 5.74) is 2.24. The number of nitrogens with one attached hydrogen (secondary N) is 1. The first-order valence-corrected chi connectivity index (χ1v) is 5.82. The van der Waals surface area contributed by atoms with Crippen LogP contribution in [0.3, 0.4) is 0 Å². The van der Waals surface area contributed by atoms with Crippen LogP contribution in [0.25, 0.3) is 10.9 Å². The molecule has 2 aromatic rings. The molecule has 0 saturated carbocycles. The maximum Gasteiger partial charge on any atom is 0.168 e. The van der Waals surface area contributed by atoms with Gasteiger partial charge in [0.05, 0.1) is 6.10 Å². The summed E-state index contributed by atoms with van der Waals surface area (Å²) in [5.74, 6) is 0. The molecule has 1 aromatic heterocycles. The van der Waals surface area contributed by atoms with Gasteiger partial charge in [-0.3, -0.25) is 4.90 Å². The van der Waals surface area contributed by atoms with E-state index in [2.05, 4.69) is 22.0 Å². The fraction of sp³-hybridized carbons (Fsp3) is 0.385. The maximum atomic E-state index is 9.66. The summed E-state index contributed by atoms with van der Waals surface area (Å²) >= 11 is 0. The number of likely N-dealkylation sites (N-methyl/N-ethyl adjacent to an activating group) is 1. The molecule has 1 saturated heterocycles. The van der Waals surface area contributed by atoms with E-state index in [4.69, 9.17) is 4.74 Å². The van der Waals surface area contributed by atoms with Crippen LogP contribution >= 0.6 is 0 Å². The number of rotatable bonds is 1. The Labute approximate surface area is 99.8 Å². The van der Waals surface area contributed by atoms with Crippen LogP contribution in [0.1, 0.15) is 11.7 Å². The van der Waals surface area contributed by atoms with Crippen molar-refractivity contribution in [2.45, 2.75) is 12.4 Å². The van der Waals surface area contributed by atoms with Gasteiger partial charge in [-0.1, -0.05) is 12.1 Å². The van der Waals surface area contributed by atoms with Gasteiger partial charge < -0.3 is 14.8 Å². The second kappa shape index (κ2) is 4.14. The van der Waals surface area contributed by atoms with E-state index in [0.717, 1.165) is 17.6 Å². The first kappa shape index (κ1) is 10.8. The minimum Gasteiger partial charge on any atom is -0.367 e. The molecule has 1 aromatic carbocycles. The summed E-state index contributed by atoms with van der Waals surface area (Å²) in [5, 5.41) is 10.8. The highest BCUT2D eigenvalue weighted by molar-refractivity contribution is 5.83. The van der Waals surface area contributed by atoms with E-state index in [1.165, 1.54) is 5.39 Å². The van der Waals surface area contributed by atoms with Crippen LogP contribution in [0.2, 0.25) is 0 Å². The highest BCUT2D eigenvalue weighted by Gasteiger charge is 2.26. The molecular formula is C13H16N2O2. The highest BCUT2D eigenvalue weighted by Crippen LogP contribution is 2.29. The van der Waals surface area contributed by atoms with Crippen LogP contribution in [0.5, 0.6) is 0 Å². The maximum absolute atomic E-state index is 9.66. The van der Waals surface area contributed by atoms with Crippen molar-refractivity contribution < 1.29 is 9.84 Å². The first-order valence-electron chi connectivity index (χ1n) is 5.82. The van der Waals surface area contributed by atoms with Crippen LogP contribution in [-0.4, -0.2) is 41.4 Å². The average molecular weight is 232 g/mol. The smallest absolute Gasteiger partial charge is 0.168 e. The molecule has 1 aliphatic rings. The third kappa shape index (κ3) is 1.95. The summed E-state index contributed by atoms with van der Waals surface area (Å²) < 4.78 is 5.62. The van der Waals surface area contributed by atoms with E-state index in [9.17, 15) is 5.11 Å². The fourth-order valence-electron chi connectivity index (χ4n) is 2.46. The lowest BCUT2D eigenvalue weighted by Gasteiger charge is -2.33. The second-order valence-corrected chi connectivity index (χ2v) is 4.59. The van der Waals surface area contributed by atoms with Crippen molar-refractivity contribution in [3.8, 4) is 0 Å². The number of morpholine rings is 1. The van der Waals surface area contributed by atoms with E-state index in [0.29, 0.717) is 6.54 Å². The molecule has 17 heavy (non-hydrogen) atoms. The van der Waals surface area contributed by atoms with Crippen molar-refractivity contribution in [3.63, 3.8) is 0 Å². The first-order chi connectivity index (χ1) is 8.24. The fourth-order valence-corrected chi connectivity index (χ4v) is 2.46. The van der Waals surface area contributed by atoms with Gasteiger partial charge in [-0.05, 0) is 24.7 Å². The van der Waals surface area contributed by atoms with E-state index in [1.54, 1.807) is 0 Å². The van der Waals surface area contributed by atoms with Crippen LogP contribution in [-0.2, 0) is 4.74 Å². The Kier molecular flexibility index (Phi) is 2.63. The Morgan fingerprint density at radius 3 is 3.06 bits per heavy atom. The molecule has 0 spiro atoms. The average Bonchev–Trinajstić information content (AvgIpc) is 2.75. The van der Waals surface area contributed by atoms with Crippen molar-refractivity contribution in [3.05, 3.63) is 36.0 Å². The number of aromatic nitrogens is 1. The highest BCUT2D eigenvalue weighted by atomic mass is 16.6. The SMILES string of the molecule is CN1CC(O)OC(c2cccc3[nH]ccc23)C1. The lowest BCUT2D eigenvalue weighted by atomic mass is 10.0. The van der Waals surface area contributed by atoms with E-state index >= 15 is 0 Å². The number of ether oxygens (including phenoxy) is 1. The van der Waals surface area contributed by atoms with Crippen LogP contribution in [0, 0.1) is 0 Å². The minimum atomic E-state index is -0.701. The van der Waals surface area contributed by atoms with Gasteiger partial charge in [0.1, 0.15) is 0 Å². The lowest BCUT2D eigenvalue weighted by Crippen LogP contribution is -2.41. The van der Waals surface area contributed by atoms with Crippen molar-refractivity contribution in [2.24, 2.45) is 0 Å². The normalized spacial score (nSPS) is 26.5. The van der Waals surface area contributed by atoms with E-state index in [1.807, 2.05) is 25.4 Å². The number of H-pyrrole nitrogens is 1. The van der Waals surface area contributed by atoms with Gasteiger partial charge in [0.25, 0.3) is 0 Å². The summed E-state index contributed by atoms with van der Waals surface area (Å²) in [6.07, 6.45) is 1.16. The molecule has 2 heterocycles. The number of nitrogens with zero attached hydrogens (tertiary/aromatic N) is 1. The van der Waals surface area contributed by atoms with E-state index in [-0.39, 0.29) is 6.10 Å². The summed E-state index contributed by atoms with van der Waals surface area (Å²) in [6.45, 7) is 1.38. The predicted octanol–water partition coefficient (Wildman–Crippen LogP) is 1.49. The monoisotopic (exact) mass is 232 g/mol. The molecule has 1 fully saturated rings.